The average molecular weight is 353 g/mol. The Morgan fingerprint density at radius 1 is 1.12 bits per heavy atom. The first kappa shape index (κ1) is 16.2. The minimum atomic E-state index is -0.402. The fourth-order valence-corrected chi connectivity index (χ4v) is 3.30. The van der Waals surface area contributed by atoms with Gasteiger partial charge in [-0.3, -0.25) is 22.9 Å². The lowest BCUT2D eigenvalue weighted by Gasteiger charge is -2.12. The number of nitrogens with zero attached hydrogens (tertiary/aromatic N) is 5. The van der Waals surface area contributed by atoms with Gasteiger partial charge in [-0.1, -0.05) is 12.1 Å². The Kier molecular flexibility index (Phi) is 3.50. The first-order valence-corrected chi connectivity index (χ1v) is 8.34. The third-order valence-electron chi connectivity index (χ3n) is 4.55. The predicted octanol–water partition coefficient (Wildman–Crippen LogP) is 1.38. The molecular formula is C18H19N5O3. The first-order valence-electron chi connectivity index (χ1n) is 8.34. The van der Waals surface area contributed by atoms with E-state index < -0.39 is 5.69 Å². The maximum Gasteiger partial charge on any atom is 0.332 e. The molecule has 0 spiro atoms. The third-order valence-corrected chi connectivity index (χ3v) is 4.55. The van der Waals surface area contributed by atoms with Gasteiger partial charge in [0, 0.05) is 26.0 Å². The maximum atomic E-state index is 12.7. The molecule has 0 aliphatic rings. The highest BCUT2D eigenvalue weighted by atomic mass is 16.5. The molecule has 0 saturated carbocycles. The molecule has 0 unspecified atom stereocenters. The molecule has 0 amide bonds. The van der Waals surface area contributed by atoms with Crippen LogP contribution in [0.25, 0.3) is 22.6 Å². The molecule has 0 aliphatic heterocycles. The summed E-state index contributed by atoms with van der Waals surface area (Å²) < 4.78 is 11.9. The van der Waals surface area contributed by atoms with Gasteiger partial charge in [0.25, 0.3) is 5.56 Å². The van der Waals surface area contributed by atoms with Crippen molar-refractivity contribution in [2.24, 2.45) is 14.1 Å². The van der Waals surface area contributed by atoms with E-state index in [1.807, 2.05) is 48.9 Å². The van der Waals surface area contributed by atoms with Crippen LogP contribution in [0.5, 0.6) is 5.75 Å². The zero-order chi connectivity index (χ0) is 18.6. The number of hydrogen-bond donors (Lipinski definition) is 0. The Morgan fingerprint density at radius 3 is 2.58 bits per heavy atom. The van der Waals surface area contributed by atoms with E-state index in [-0.39, 0.29) is 5.56 Å². The van der Waals surface area contributed by atoms with Crippen molar-refractivity contribution in [3.63, 3.8) is 0 Å². The summed E-state index contributed by atoms with van der Waals surface area (Å²) in [6.07, 6.45) is 1.85. The minimum Gasteiger partial charge on any atom is -0.492 e. The van der Waals surface area contributed by atoms with E-state index >= 15 is 0 Å². The highest BCUT2D eigenvalue weighted by Crippen LogP contribution is 2.27. The summed E-state index contributed by atoms with van der Waals surface area (Å²) in [7, 11) is 3.08. The SMILES string of the molecule is CCOc1ccccc1-n1c(C)cn2c3c(=O)n(C)c(=O)n(C)c3nc12. The molecule has 8 heteroatoms. The summed E-state index contributed by atoms with van der Waals surface area (Å²) in [5.41, 5.74) is 1.69. The third kappa shape index (κ3) is 2.05. The molecule has 0 saturated heterocycles. The highest BCUT2D eigenvalue weighted by Gasteiger charge is 2.20. The molecule has 26 heavy (non-hydrogen) atoms. The summed E-state index contributed by atoms with van der Waals surface area (Å²) in [5, 5.41) is 0. The van der Waals surface area contributed by atoms with Crippen molar-refractivity contribution in [1.82, 2.24) is 23.1 Å². The fraction of sp³-hybridized carbons (Fsp3) is 0.278. The summed E-state index contributed by atoms with van der Waals surface area (Å²) in [6.45, 7) is 4.41. The zero-order valence-corrected chi connectivity index (χ0v) is 15.1. The van der Waals surface area contributed by atoms with Gasteiger partial charge in [0.15, 0.2) is 11.2 Å². The molecule has 4 aromatic rings. The van der Waals surface area contributed by atoms with Gasteiger partial charge in [-0.15, -0.1) is 0 Å². The second-order valence-electron chi connectivity index (χ2n) is 6.17. The quantitative estimate of drug-likeness (QED) is 0.558. The normalized spacial score (nSPS) is 11.5. The smallest absolute Gasteiger partial charge is 0.332 e. The number of ether oxygens (including phenoxy) is 1. The van der Waals surface area contributed by atoms with Crippen LogP contribution in [0, 0.1) is 6.92 Å². The van der Waals surface area contributed by atoms with Gasteiger partial charge in [-0.05, 0) is 26.0 Å². The van der Waals surface area contributed by atoms with Gasteiger partial charge in [-0.2, -0.15) is 4.98 Å². The van der Waals surface area contributed by atoms with Crippen molar-refractivity contribution in [2.45, 2.75) is 13.8 Å². The lowest BCUT2D eigenvalue weighted by Crippen LogP contribution is -2.37. The van der Waals surface area contributed by atoms with E-state index in [4.69, 9.17) is 4.74 Å². The fourth-order valence-electron chi connectivity index (χ4n) is 3.30. The van der Waals surface area contributed by atoms with E-state index in [2.05, 4.69) is 4.98 Å². The first-order chi connectivity index (χ1) is 12.5. The number of para-hydroxylation sites is 2. The monoisotopic (exact) mass is 353 g/mol. The molecule has 134 valence electrons. The van der Waals surface area contributed by atoms with Crippen LogP contribution in [0.3, 0.4) is 0 Å². The van der Waals surface area contributed by atoms with Crippen molar-refractivity contribution >= 4 is 16.9 Å². The van der Waals surface area contributed by atoms with Crippen LogP contribution < -0.4 is 16.0 Å². The van der Waals surface area contributed by atoms with Crippen molar-refractivity contribution in [3.8, 4) is 11.4 Å². The standard InChI is InChI=1S/C18H19N5O3/c1-5-26-13-9-7-6-8-12(13)23-11(2)10-22-14-15(19-17(22)23)20(3)18(25)21(4)16(14)24/h6-10H,5H2,1-4H3. The molecule has 0 N–H and O–H groups in total. The molecule has 4 rings (SSSR count). The molecular weight excluding hydrogens is 334 g/mol. The zero-order valence-electron chi connectivity index (χ0n) is 15.1. The van der Waals surface area contributed by atoms with Crippen molar-refractivity contribution in [1.29, 1.82) is 0 Å². The van der Waals surface area contributed by atoms with Crippen LogP contribution in [0.4, 0.5) is 0 Å². The number of benzene rings is 1. The van der Waals surface area contributed by atoms with Crippen LogP contribution in [0.15, 0.2) is 40.1 Å². The topological polar surface area (TPSA) is 75.5 Å². The van der Waals surface area contributed by atoms with Gasteiger partial charge in [0.05, 0.1) is 12.3 Å². The predicted molar refractivity (Wildman–Crippen MR) is 98.4 cm³/mol. The minimum absolute atomic E-state index is 0.357. The average Bonchev–Trinajstić information content (AvgIpc) is 3.14. The summed E-state index contributed by atoms with van der Waals surface area (Å²) in [4.78, 5) is 29.5. The van der Waals surface area contributed by atoms with Gasteiger partial charge >= 0.3 is 5.69 Å². The van der Waals surface area contributed by atoms with E-state index in [0.717, 1.165) is 21.7 Å². The van der Waals surface area contributed by atoms with Crippen LogP contribution in [-0.4, -0.2) is 29.7 Å². The largest absolute Gasteiger partial charge is 0.492 e. The molecule has 0 fully saturated rings. The molecule has 0 aliphatic carbocycles. The number of hydrogen-bond acceptors (Lipinski definition) is 4. The molecule has 0 bridgehead atoms. The molecule has 0 radical (unpaired) electrons. The number of fused-ring (bicyclic) bond motifs is 3. The second-order valence-corrected chi connectivity index (χ2v) is 6.17. The Hall–Kier alpha value is -3.29. The Morgan fingerprint density at radius 2 is 1.85 bits per heavy atom. The van der Waals surface area contributed by atoms with E-state index in [1.165, 1.54) is 11.6 Å². The molecule has 1 aromatic carbocycles. The van der Waals surface area contributed by atoms with Crippen molar-refractivity contribution < 1.29 is 4.74 Å². The van der Waals surface area contributed by atoms with Crippen molar-refractivity contribution in [2.75, 3.05) is 6.61 Å². The summed E-state index contributed by atoms with van der Waals surface area (Å²) >= 11 is 0. The van der Waals surface area contributed by atoms with Crippen LogP contribution in [0.1, 0.15) is 12.6 Å². The summed E-state index contributed by atoms with van der Waals surface area (Å²) in [5.74, 6) is 1.29. The van der Waals surface area contributed by atoms with Crippen molar-refractivity contribution in [3.05, 3.63) is 57.0 Å². The number of aromatic nitrogens is 5. The van der Waals surface area contributed by atoms with Crippen LogP contribution in [0.2, 0.25) is 0 Å². The lowest BCUT2D eigenvalue weighted by molar-refractivity contribution is 0.339. The van der Waals surface area contributed by atoms with Gasteiger partial charge < -0.3 is 4.74 Å². The maximum absolute atomic E-state index is 12.7. The van der Waals surface area contributed by atoms with Gasteiger partial charge in [-0.25, -0.2) is 4.79 Å². The number of rotatable bonds is 3. The molecule has 3 heterocycles. The Balaban J connectivity index is 2.15. The number of imidazole rings is 2. The molecule has 8 nitrogen and oxygen atoms in total. The van der Waals surface area contributed by atoms with Crippen LogP contribution in [-0.2, 0) is 14.1 Å². The molecule has 3 aromatic heterocycles. The highest BCUT2D eigenvalue weighted by molar-refractivity contribution is 5.76. The van der Waals surface area contributed by atoms with E-state index in [0.29, 0.717) is 23.5 Å². The molecule has 0 atom stereocenters. The second kappa shape index (κ2) is 5.62. The summed E-state index contributed by atoms with van der Waals surface area (Å²) in [6, 6.07) is 7.66. The van der Waals surface area contributed by atoms with Gasteiger partial charge in [0.2, 0.25) is 5.78 Å². The Labute approximate surface area is 148 Å². The van der Waals surface area contributed by atoms with E-state index in [1.54, 1.807) is 11.4 Å². The van der Waals surface area contributed by atoms with Gasteiger partial charge in [0.1, 0.15) is 5.75 Å². The Bertz CT molecular complexity index is 1270. The van der Waals surface area contributed by atoms with E-state index in [9.17, 15) is 9.59 Å². The number of aryl methyl sites for hydroxylation is 2. The van der Waals surface area contributed by atoms with Crippen LogP contribution >= 0.6 is 0 Å². The lowest BCUT2D eigenvalue weighted by atomic mass is 10.3.